The average Bonchev–Trinajstić information content (AvgIpc) is 2.70. The second-order valence-electron chi connectivity index (χ2n) is 3.14. The Balaban J connectivity index is 2.18. The summed E-state index contributed by atoms with van der Waals surface area (Å²) in [5.74, 6) is -0.432. The predicted molar refractivity (Wildman–Crippen MR) is 55.9 cm³/mol. The molecule has 1 aliphatic rings. The third-order valence-electron chi connectivity index (χ3n) is 1.90. The van der Waals surface area contributed by atoms with E-state index in [0.29, 0.717) is 4.88 Å². The molecule has 0 bridgehead atoms. The van der Waals surface area contributed by atoms with Crippen LogP contribution in [0.5, 0.6) is 0 Å². The molecule has 0 saturated carbocycles. The molecule has 1 aromatic heterocycles. The van der Waals surface area contributed by atoms with Gasteiger partial charge in [-0.2, -0.15) is 0 Å². The first-order valence-electron chi connectivity index (χ1n) is 4.22. The van der Waals surface area contributed by atoms with E-state index in [4.69, 9.17) is 5.73 Å². The van der Waals surface area contributed by atoms with Crippen molar-refractivity contribution in [1.29, 1.82) is 0 Å². The first-order valence-corrected chi connectivity index (χ1v) is 5.04. The van der Waals surface area contributed by atoms with Crippen LogP contribution in [0.2, 0.25) is 0 Å². The van der Waals surface area contributed by atoms with E-state index in [1.807, 2.05) is 11.8 Å². The fraction of sp³-hybridized carbons (Fsp3) is 0.375. The molecule has 74 valence electrons. The Bertz CT molecular complexity index is 386. The first-order chi connectivity index (χ1) is 6.66. The topological polar surface area (TPSA) is 71.6 Å². The Morgan fingerprint density at radius 1 is 1.79 bits per heavy atom. The number of anilines is 1. The molecule has 1 amide bonds. The van der Waals surface area contributed by atoms with E-state index in [1.54, 1.807) is 6.34 Å². The van der Waals surface area contributed by atoms with Gasteiger partial charge in [-0.25, -0.2) is 4.98 Å². The number of nitrogens with two attached hydrogens (primary N) is 1. The molecule has 5 nitrogen and oxygen atoms in total. The quantitative estimate of drug-likeness (QED) is 0.771. The number of thiazole rings is 1. The number of carbonyl (C=O) groups is 1. The minimum atomic E-state index is -0.432. The number of hydrogen-bond acceptors (Lipinski definition) is 5. The van der Waals surface area contributed by atoms with Crippen molar-refractivity contribution in [2.24, 2.45) is 10.7 Å². The molecule has 14 heavy (non-hydrogen) atoms. The summed E-state index contributed by atoms with van der Waals surface area (Å²) in [5, 5.41) is 0.770. The van der Waals surface area contributed by atoms with Crippen molar-refractivity contribution < 1.29 is 4.79 Å². The van der Waals surface area contributed by atoms with E-state index >= 15 is 0 Å². The number of hydrogen-bond donors (Lipinski definition) is 1. The third-order valence-corrected chi connectivity index (χ3v) is 2.95. The third kappa shape index (κ3) is 1.60. The fourth-order valence-electron chi connectivity index (χ4n) is 1.21. The molecular weight excluding hydrogens is 200 g/mol. The summed E-state index contributed by atoms with van der Waals surface area (Å²) in [6, 6.07) is 0.288. The molecule has 6 heteroatoms. The molecule has 2 rings (SSSR count). The van der Waals surface area contributed by atoms with Crippen LogP contribution in [0.1, 0.15) is 16.6 Å². The molecule has 0 fully saturated rings. The van der Waals surface area contributed by atoms with Crippen LogP contribution in [0.3, 0.4) is 0 Å². The lowest BCUT2D eigenvalue weighted by molar-refractivity contribution is 0.100. The van der Waals surface area contributed by atoms with Crippen LogP contribution in [-0.4, -0.2) is 29.8 Å². The number of primary amides is 1. The van der Waals surface area contributed by atoms with Crippen molar-refractivity contribution in [3.8, 4) is 0 Å². The molecule has 2 N–H and O–H groups in total. The van der Waals surface area contributed by atoms with Crippen molar-refractivity contribution >= 4 is 28.7 Å². The Morgan fingerprint density at radius 2 is 2.57 bits per heavy atom. The van der Waals surface area contributed by atoms with Crippen molar-refractivity contribution in [1.82, 2.24) is 4.98 Å². The number of aromatic nitrogens is 1. The monoisotopic (exact) mass is 210 g/mol. The summed E-state index contributed by atoms with van der Waals surface area (Å²) in [4.78, 5) is 21.5. The van der Waals surface area contributed by atoms with Gasteiger partial charge in [0.1, 0.15) is 4.88 Å². The highest BCUT2D eigenvalue weighted by Gasteiger charge is 2.18. The summed E-state index contributed by atoms with van der Waals surface area (Å²) in [6.45, 7) is 2.84. The highest BCUT2D eigenvalue weighted by Crippen LogP contribution is 2.23. The van der Waals surface area contributed by atoms with E-state index in [2.05, 4.69) is 9.98 Å². The van der Waals surface area contributed by atoms with Crippen LogP contribution in [0.25, 0.3) is 0 Å². The van der Waals surface area contributed by atoms with E-state index < -0.39 is 5.91 Å². The smallest absolute Gasteiger partial charge is 0.260 e. The number of aliphatic imine (C=N–C) groups is 1. The molecule has 1 aliphatic heterocycles. The molecule has 0 radical (unpaired) electrons. The van der Waals surface area contributed by atoms with Crippen LogP contribution >= 0.6 is 11.3 Å². The molecule has 0 unspecified atom stereocenters. The summed E-state index contributed by atoms with van der Waals surface area (Å²) < 4.78 is 0. The Kier molecular flexibility index (Phi) is 2.20. The lowest BCUT2D eigenvalue weighted by Gasteiger charge is -2.09. The maximum Gasteiger partial charge on any atom is 0.260 e. The number of carbonyl (C=O) groups excluding carboxylic acids is 1. The van der Waals surface area contributed by atoms with Crippen molar-refractivity contribution in [3.05, 3.63) is 11.1 Å². The average molecular weight is 210 g/mol. The van der Waals surface area contributed by atoms with Crippen LogP contribution in [0.15, 0.2) is 11.2 Å². The second kappa shape index (κ2) is 3.38. The van der Waals surface area contributed by atoms with Gasteiger partial charge in [0.15, 0.2) is 5.13 Å². The maximum absolute atomic E-state index is 10.8. The van der Waals surface area contributed by atoms with Crippen LogP contribution in [-0.2, 0) is 0 Å². The molecule has 0 saturated heterocycles. The van der Waals surface area contributed by atoms with Crippen LogP contribution in [0.4, 0.5) is 5.13 Å². The molecule has 0 aromatic carbocycles. The van der Waals surface area contributed by atoms with Crippen molar-refractivity contribution in [2.75, 3.05) is 11.4 Å². The lowest BCUT2D eigenvalue weighted by Crippen LogP contribution is -2.20. The predicted octanol–water partition coefficient (Wildman–Crippen LogP) is 0.479. The van der Waals surface area contributed by atoms with Gasteiger partial charge < -0.3 is 10.6 Å². The zero-order valence-electron chi connectivity index (χ0n) is 7.67. The SMILES string of the molecule is C[C@H]1CN(c2ncc(C(N)=O)s2)C=N1. The van der Waals surface area contributed by atoms with Crippen LogP contribution in [0, 0.1) is 0 Å². The zero-order valence-corrected chi connectivity index (χ0v) is 8.49. The largest absolute Gasteiger partial charge is 0.365 e. The highest BCUT2D eigenvalue weighted by atomic mass is 32.1. The van der Waals surface area contributed by atoms with Gasteiger partial charge in [-0.1, -0.05) is 11.3 Å². The standard InChI is InChI=1S/C8H10N4OS/c1-5-3-12(4-11-5)8-10-2-6(14-8)7(9)13/h2,4-5H,3H2,1H3,(H2,9,13)/t5-/m0/s1. The summed E-state index contributed by atoms with van der Waals surface area (Å²) >= 11 is 1.29. The van der Waals surface area contributed by atoms with Gasteiger partial charge >= 0.3 is 0 Å². The van der Waals surface area contributed by atoms with E-state index in [1.165, 1.54) is 17.5 Å². The minimum Gasteiger partial charge on any atom is -0.365 e. The molecule has 1 aromatic rings. The molecular formula is C8H10N4OS. The zero-order chi connectivity index (χ0) is 10.1. The number of rotatable bonds is 2. The summed E-state index contributed by atoms with van der Waals surface area (Å²) in [6.07, 6.45) is 3.24. The maximum atomic E-state index is 10.8. The van der Waals surface area contributed by atoms with E-state index in [0.717, 1.165) is 11.7 Å². The van der Waals surface area contributed by atoms with Gasteiger partial charge in [0.25, 0.3) is 5.91 Å². The fourth-order valence-corrected chi connectivity index (χ4v) is 1.96. The van der Waals surface area contributed by atoms with Crippen molar-refractivity contribution in [3.63, 3.8) is 0 Å². The van der Waals surface area contributed by atoms with Gasteiger partial charge in [0, 0.05) is 6.54 Å². The molecule has 2 heterocycles. The normalized spacial score (nSPS) is 20.4. The summed E-state index contributed by atoms with van der Waals surface area (Å²) in [7, 11) is 0. The number of amides is 1. The van der Waals surface area contributed by atoms with E-state index in [9.17, 15) is 4.79 Å². The molecule has 0 aliphatic carbocycles. The van der Waals surface area contributed by atoms with Gasteiger partial charge in [-0.15, -0.1) is 0 Å². The molecule has 1 atom stereocenters. The van der Waals surface area contributed by atoms with Gasteiger partial charge in [0.05, 0.1) is 18.6 Å². The van der Waals surface area contributed by atoms with Gasteiger partial charge in [-0.3, -0.25) is 9.79 Å². The Morgan fingerprint density at radius 3 is 3.07 bits per heavy atom. The Labute approximate surface area is 85.3 Å². The van der Waals surface area contributed by atoms with E-state index in [-0.39, 0.29) is 6.04 Å². The first kappa shape index (κ1) is 9.14. The highest BCUT2D eigenvalue weighted by molar-refractivity contribution is 7.17. The molecule has 0 spiro atoms. The van der Waals surface area contributed by atoms with Gasteiger partial charge in [0.2, 0.25) is 0 Å². The van der Waals surface area contributed by atoms with Gasteiger partial charge in [-0.05, 0) is 6.92 Å². The number of nitrogens with zero attached hydrogens (tertiary/aromatic N) is 3. The minimum absolute atomic E-state index is 0.288. The second-order valence-corrected chi connectivity index (χ2v) is 4.15. The van der Waals surface area contributed by atoms with Crippen LogP contribution < -0.4 is 10.6 Å². The van der Waals surface area contributed by atoms with Crippen molar-refractivity contribution in [2.45, 2.75) is 13.0 Å². The Hall–Kier alpha value is -1.43. The summed E-state index contributed by atoms with van der Waals surface area (Å²) in [5.41, 5.74) is 5.13. The lowest BCUT2D eigenvalue weighted by atomic mass is 10.4.